The lowest BCUT2D eigenvalue weighted by Crippen LogP contribution is -3.11. The maximum Gasteiger partial charge on any atom is 0.339 e. The van der Waals surface area contributed by atoms with E-state index in [1.54, 1.807) is 16.7 Å². The Morgan fingerprint density at radius 1 is 0.750 bits per heavy atom. The molecule has 2 unspecified atom stereocenters. The summed E-state index contributed by atoms with van der Waals surface area (Å²) in [6.07, 6.45) is -3.73. The molecule has 36 heavy (non-hydrogen) atoms. The number of hydrogen-bond donors (Lipinski definition) is 4. The highest BCUT2D eigenvalue weighted by Gasteiger charge is 2.39. The first-order valence-electron chi connectivity index (χ1n) is 12.3. The molecule has 0 aliphatic heterocycles. The molecule has 0 fully saturated rings. The van der Waals surface area contributed by atoms with Gasteiger partial charge in [-0.2, -0.15) is 0 Å². The third-order valence-corrected chi connectivity index (χ3v) is 6.13. The number of Topliss-reactive ketones (excluding diaryl/α,β-unsaturated/α-hetero) is 1. The van der Waals surface area contributed by atoms with Crippen molar-refractivity contribution in [3.8, 4) is 0 Å². The molecule has 0 spiro atoms. The van der Waals surface area contributed by atoms with Gasteiger partial charge < -0.3 is 38.6 Å². The minimum atomic E-state index is -5.53. The maximum absolute atomic E-state index is 11.7. The van der Waals surface area contributed by atoms with Crippen molar-refractivity contribution in [2.45, 2.75) is 80.4 Å². The molecule has 0 amide bonds. The van der Waals surface area contributed by atoms with Gasteiger partial charge in [-0.05, 0) is 54.9 Å². The fraction of sp³-hybridized carbons (Fsp3) is 0.905. The van der Waals surface area contributed by atoms with Crippen LogP contribution in [0.1, 0.15) is 68.2 Å². The third kappa shape index (κ3) is 23.7. The number of unbranched alkanes of at least 4 members (excludes halogenated alkanes) is 1. The predicted molar refractivity (Wildman–Crippen MR) is 131 cm³/mol. The van der Waals surface area contributed by atoms with Crippen LogP contribution >= 0.6 is 15.6 Å². The van der Waals surface area contributed by atoms with E-state index in [4.69, 9.17) is 9.79 Å². The summed E-state index contributed by atoms with van der Waals surface area (Å²) in [7, 11) is -11.0. The van der Waals surface area contributed by atoms with Crippen molar-refractivity contribution in [1.82, 2.24) is 0 Å². The Bertz CT molecular complexity index is 639. The molecule has 218 valence electrons. The van der Waals surface area contributed by atoms with E-state index in [0.717, 1.165) is 6.92 Å². The summed E-state index contributed by atoms with van der Waals surface area (Å²) < 4.78 is 33.9. The molecule has 0 aliphatic rings. The number of nitrogens with one attached hydrogen (secondary N) is 2. The van der Waals surface area contributed by atoms with Crippen LogP contribution in [0.15, 0.2) is 0 Å². The number of phosphoric ester groups is 2. The molecule has 0 bridgehead atoms. The smallest absolute Gasteiger partial charge is 0.339 e. The zero-order chi connectivity index (χ0) is 28.9. The number of ether oxygens (including phenoxy) is 1. The second-order valence-corrected chi connectivity index (χ2v) is 10.0. The van der Waals surface area contributed by atoms with Gasteiger partial charge in [-0.25, -0.2) is 4.79 Å². The Hall–Kier alpha value is -0.720. The van der Waals surface area contributed by atoms with Crippen molar-refractivity contribution in [1.29, 1.82) is 0 Å². The van der Waals surface area contributed by atoms with Crippen molar-refractivity contribution in [3.05, 3.63) is 0 Å². The molecule has 0 radical (unpaired) electrons. The molecule has 0 saturated carbocycles. The van der Waals surface area contributed by atoms with Crippen LogP contribution < -0.4 is 19.6 Å². The van der Waals surface area contributed by atoms with Gasteiger partial charge in [0.2, 0.25) is 0 Å². The molecule has 13 nitrogen and oxygen atoms in total. The SMILES string of the molecule is CCCCOC(=O)[C@H](OP(=O)([O-])O)[C@@H](OP(=O)([O-])O)C(C)=O.CC[NH+](CC)CC.CC[NH+](CC)CC. The second kappa shape index (κ2) is 22.3. The highest BCUT2D eigenvalue weighted by atomic mass is 31.2. The van der Waals surface area contributed by atoms with Crippen LogP contribution in [0.2, 0.25) is 0 Å². The van der Waals surface area contributed by atoms with Crippen LogP contribution in [0.25, 0.3) is 0 Å². The number of carbonyl (C=O) groups is 2. The van der Waals surface area contributed by atoms with Crippen molar-refractivity contribution < 1.29 is 61.9 Å². The fourth-order valence-electron chi connectivity index (χ4n) is 2.75. The molecule has 0 aromatic rings. The Morgan fingerprint density at radius 3 is 1.31 bits per heavy atom. The van der Waals surface area contributed by atoms with Gasteiger partial charge in [0.05, 0.1) is 45.9 Å². The van der Waals surface area contributed by atoms with Crippen LogP contribution in [0.5, 0.6) is 0 Å². The van der Waals surface area contributed by atoms with E-state index in [1.165, 1.54) is 39.3 Å². The first kappa shape index (κ1) is 39.8. The Balaban J connectivity index is -0.000000632. The molecular formula is C21H48N2O11P2. The van der Waals surface area contributed by atoms with Gasteiger partial charge in [0, 0.05) is 0 Å². The van der Waals surface area contributed by atoms with Gasteiger partial charge in [-0.1, -0.05) is 13.3 Å². The summed E-state index contributed by atoms with van der Waals surface area (Å²) in [4.78, 5) is 65.0. The highest BCUT2D eigenvalue weighted by Crippen LogP contribution is 2.39. The first-order chi connectivity index (χ1) is 16.6. The van der Waals surface area contributed by atoms with E-state index in [0.29, 0.717) is 12.8 Å². The van der Waals surface area contributed by atoms with Gasteiger partial charge in [0.15, 0.2) is 18.0 Å². The van der Waals surface area contributed by atoms with Gasteiger partial charge in [-0.3, -0.25) is 18.4 Å². The normalized spacial score (nSPS) is 15.9. The van der Waals surface area contributed by atoms with Gasteiger partial charge in [0.25, 0.3) is 15.6 Å². The molecule has 0 saturated heterocycles. The Morgan fingerprint density at radius 2 is 1.08 bits per heavy atom. The van der Waals surface area contributed by atoms with Crippen LogP contribution in [0, 0.1) is 0 Å². The van der Waals surface area contributed by atoms with Crippen LogP contribution in [0.4, 0.5) is 0 Å². The highest BCUT2D eigenvalue weighted by molar-refractivity contribution is 7.45. The number of hydrogen-bond acceptors (Lipinski definition) is 9. The molecule has 4 atom stereocenters. The monoisotopic (exact) mass is 566 g/mol. The van der Waals surface area contributed by atoms with E-state index < -0.39 is 39.6 Å². The summed E-state index contributed by atoms with van der Waals surface area (Å²) in [6, 6.07) is 0. The largest absolute Gasteiger partial charge is 0.756 e. The predicted octanol–water partition coefficient (Wildman–Crippen LogP) is -1.53. The standard InChI is InChI=1S/C9H18O11P2.2C6H15N/c1-3-4-5-18-9(11)8(20-22(15,16)17)7(6(2)10)19-21(12,13)14;2*1-4-7(5-2)6-3/h7-8H,3-5H2,1-2H3,(H2,12,13,14)(H2,15,16,17);2*4-6H2,1-3H3/t7-,8+;;/m0../s1. The molecule has 0 aromatic carbocycles. The third-order valence-electron chi connectivity index (χ3n) is 5.14. The minimum Gasteiger partial charge on any atom is -0.756 e. The minimum absolute atomic E-state index is 0.164. The van der Waals surface area contributed by atoms with Crippen LogP contribution in [-0.4, -0.2) is 79.6 Å². The Labute approximate surface area is 216 Å². The average molecular weight is 567 g/mol. The summed E-state index contributed by atoms with van der Waals surface area (Å²) in [6.45, 7) is 23.3. The van der Waals surface area contributed by atoms with Crippen molar-refractivity contribution in [2.75, 3.05) is 45.9 Å². The summed E-state index contributed by atoms with van der Waals surface area (Å²) in [5.41, 5.74) is 0. The summed E-state index contributed by atoms with van der Waals surface area (Å²) in [5.74, 6) is -2.61. The van der Waals surface area contributed by atoms with Crippen molar-refractivity contribution in [3.63, 3.8) is 0 Å². The first-order valence-corrected chi connectivity index (χ1v) is 15.3. The molecular weight excluding hydrogens is 518 g/mol. The van der Waals surface area contributed by atoms with E-state index in [1.807, 2.05) is 0 Å². The summed E-state index contributed by atoms with van der Waals surface area (Å²) in [5, 5.41) is 0. The van der Waals surface area contributed by atoms with E-state index in [2.05, 4.69) is 55.3 Å². The number of quaternary nitrogens is 2. The van der Waals surface area contributed by atoms with Crippen LogP contribution in [-0.2, 0) is 32.5 Å². The van der Waals surface area contributed by atoms with Crippen LogP contribution in [0.3, 0.4) is 0 Å². The number of carbonyl (C=O) groups excluding carboxylic acids is 2. The lowest BCUT2D eigenvalue weighted by Gasteiger charge is -2.30. The van der Waals surface area contributed by atoms with E-state index in [-0.39, 0.29) is 6.61 Å². The van der Waals surface area contributed by atoms with Gasteiger partial charge >= 0.3 is 5.97 Å². The lowest BCUT2D eigenvalue weighted by atomic mass is 10.1. The van der Waals surface area contributed by atoms with E-state index >= 15 is 0 Å². The lowest BCUT2D eigenvalue weighted by molar-refractivity contribution is -0.894. The second-order valence-electron chi connectivity index (χ2n) is 7.74. The van der Waals surface area contributed by atoms with Crippen molar-refractivity contribution in [2.24, 2.45) is 0 Å². The average Bonchev–Trinajstić information content (AvgIpc) is 2.78. The molecule has 4 N–H and O–H groups in total. The number of esters is 1. The zero-order valence-corrected chi connectivity index (χ0v) is 24.8. The molecule has 0 heterocycles. The molecule has 0 rings (SSSR count). The molecule has 15 heteroatoms. The topological polar surface area (TPSA) is 191 Å². The molecule has 0 aliphatic carbocycles. The van der Waals surface area contributed by atoms with E-state index in [9.17, 15) is 28.5 Å². The fourth-order valence-corrected chi connectivity index (χ4v) is 3.78. The van der Waals surface area contributed by atoms with Gasteiger partial charge in [-0.15, -0.1) is 0 Å². The summed E-state index contributed by atoms with van der Waals surface area (Å²) >= 11 is 0. The zero-order valence-electron chi connectivity index (χ0n) is 23.0. The number of ketones is 1. The number of phosphoric acid groups is 2. The Kier molecular flexibility index (Phi) is 24.6. The maximum atomic E-state index is 11.7. The molecule has 0 aromatic heterocycles. The quantitative estimate of drug-likeness (QED) is 0.0963. The van der Waals surface area contributed by atoms with Crippen molar-refractivity contribution >= 4 is 27.4 Å². The van der Waals surface area contributed by atoms with Gasteiger partial charge in [0.1, 0.15) is 0 Å². The number of rotatable bonds is 16.